The molecule has 0 atom stereocenters. The summed E-state index contributed by atoms with van der Waals surface area (Å²) in [6.45, 7) is 2.79. The number of amides is 1. The highest BCUT2D eigenvalue weighted by atomic mass is 19.1. The van der Waals surface area contributed by atoms with Gasteiger partial charge in [-0.2, -0.15) is 0 Å². The van der Waals surface area contributed by atoms with Crippen molar-refractivity contribution >= 4 is 11.9 Å². The van der Waals surface area contributed by atoms with Gasteiger partial charge in [0, 0.05) is 61.8 Å². The Hall–Kier alpha value is -4.07. The van der Waals surface area contributed by atoms with Crippen LogP contribution in [0.4, 0.5) is 10.3 Å². The second-order valence-corrected chi connectivity index (χ2v) is 8.56. The van der Waals surface area contributed by atoms with Crippen molar-refractivity contribution in [1.29, 1.82) is 0 Å². The molecule has 5 rings (SSSR count). The average Bonchev–Trinajstić information content (AvgIpc) is 3.34. The van der Waals surface area contributed by atoms with Gasteiger partial charge in [0.2, 0.25) is 11.9 Å². The third-order valence-electron chi connectivity index (χ3n) is 6.21. The van der Waals surface area contributed by atoms with E-state index in [4.69, 9.17) is 4.98 Å². The maximum absolute atomic E-state index is 13.8. The Balaban J connectivity index is 1.23. The van der Waals surface area contributed by atoms with Crippen LogP contribution in [0.25, 0.3) is 22.6 Å². The first-order chi connectivity index (χ1) is 17.2. The second kappa shape index (κ2) is 10.5. The van der Waals surface area contributed by atoms with Crippen molar-refractivity contribution in [3.63, 3.8) is 0 Å². The molecule has 35 heavy (non-hydrogen) atoms. The predicted octanol–water partition coefficient (Wildman–Crippen LogP) is 4.34. The molecule has 0 bridgehead atoms. The third-order valence-corrected chi connectivity index (χ3v) is 6.21. The SMILES string of the molecule is O=C(CCCc1[nH]c(-c2cccc(F)c2)nc1-c1ccccc1)N1CCN(c2ncccn2)CC1. The third kappa shape index (κ3) is 5.37. The lowest BCUT2D eigenvalue weighted by atomic mass is 10.1. The van der Waals surface area contributed by atoms with E-state index < -0.39 is 0 Å². The number of H-pyrrole nitrogens is 1. The number of hydrogen-bond donors (Lipinski definition) is 1. The number of anilines is 1. The summed E-state index contributed by atoms with van der Waals surface area (Å²) in [6.07, 6.45) is 5.31. The van der Waals surface area contributed by atoms with Crippen LogP contribution in [-0.4, -0.2) is 56.9 Å². The maximum atomic E-state index is 13.8. The van der Waals surface area contributed by atoms with E-state index in [1.165, 1.54) is 12.1 Å². The van der Waals surface area contributed by atoms with Crippen LogP contribution in [0.3, 0.4) is 0 Å². The van der Waals surface area contributed by atoms with E-state index in [-0.39, 0.29) is 11.7 Å². The summed E-state index contributed by atoms with van der Waals surface area (Å²) in [5.74, 6) is 1.20. The van der Waals surface area contributed by atoms with E-state index in [1.54, 1.807) is 24.5 Å². The molecule has 2 aromatic heterocycles. The number of benzene rings is 2. The summed E-state index contributed by atoms with van der Waals surface area (Å²) in [5, 5.41) is 0. The van der Waals surface area contributed by atoms with E-state index in [0.29, 0.717) is 49.7 Å². The fourth-order valence-corrected chi connectivity index (χ4v) is 4.38. The summed E-state index contributed by atoms with van der Waals surface area (Å²) in [6, 6.07) is 18.1. The van der Waals surface area contributed by atoms with Crippen LogP contribution < -0.4 is 4.90 Å². The number of carbonyl (C=O) groups is 1. The molecule has 1 fully saturated rings. The number of hydrogen-bond acceptors (Lipinski definition) is 5. The molecule has 1 N–H and O–H groups in total. The van der Waals surface area contributed by atoms with Crippen molar-refractivity contribution in [2.75, 3.05) is 31.1 Å². The van der Waals surface area contributed by atoms with E-state index in [0.717, 1.165) is 30.0 Å². The van der Waals surface area contributed by atoms with Crippen molar-refractivity contribution < 1.29 is 9.18 Å². The Bertz CT molecular complexity index is 1270. The molecule has 1 aliphatic rings. The number of halogens is 1. The minimum absolute atomic E-state index is 0.157. The molecule has 0 aliphatic carbocycles. The van der Waals surface area contributed by atoms with Crippen LogP contribution in [0.1, 0.15) is 18.5 Å². The van der Waals surface area contributed by atoms with Gasteiger partial charge >= 0.3 is 0 Å². The zero-order chi connectivity index (χ0) is 24.0. The van der Waals surface area contributed by atoms with Gasteiger partial charge < -0.3 is 14.8 Å². The number of aromatic nitrogens is 4. The molecule has 1 aliphatic heterocycles. The lowest BCUT2D eigenvalue weighted by Crippen LogP contribution is -2.49. The number of aromatic amines is 1. The monoisotopic (exact) mass is 470 g/mol. The van der Waals surface area contributed by atoms with Crippen molar-refractivity contribution in [1.82, 2.24) is 24.8 Å². The van der Waals surface area contributed by atoms with Gasteiger partial charge in [-0.05, 0) is 31.0 Å². The molecule has 0 radical (unpaired) electrons. The predicted molar refractivity (Wildman–Crippen MR) is 133 cm³/mol. The van der Waals surface area contributed by atoms with Crippen LogP contribution in [0.15, 0.2) is 73.1 Å². The van der Waals surface area contributed by atoms with Gasteiger partial charge in [0.15, 0.2) is 0 Å². The molecule has 1 amide bonds. The summed E-state index contributed by atoms with van der Waals surface area (Å²) < 4.78 is 13.8. The standard InChI is InChI=1S/C27H27FN6O/c28-22-10-4-9-21(19-22)26-31-23(25(32-26)20-7-2-1-3-8-20)11-5-12-24(35)33-15-17-34(18-16-33)27-29-13-6-14-30-27/h1-4,6-10,13-14,19H,5,11-12,15-18H2,(H,31,32). The molecular weight excluding hydrogens is 443 g/mol. The highest BCUT2D eigenvalue weighted by molar-refractivity contribution is 5.76. The molecule has 178 valence electrons. The van der Waals surface area contributed by atoms with Gasteiger partial charge in [0.05, 0.1) is 5.69 Å². The molecule has 1 saturated heterocycles. The Morgan fingerprint density at radius 1 is 0.914 bits per heavy atom. The fraction of sp³-hybridized carbons (Fsp3) is 0.259. The lowest BCUT2D eigenvalue weighted by molar-refractivity contribution is -0.131. The van der Waals surface area contributed by atoms with Gasteiger partial charge in [0.25, 0.3) is 0 Å². The number of nitrogens with zero attached hydrogens (tertiary/aromatic N) is 5. The topological polar surface area (TPSA) is 78.0 Å². The summed E-state index contributed by atoms with van der Waals surface area (Å²) in [4.78, 5) is 33.6. The number of imidazole rings is 1. The van der Waals surface area contributed by atoms with E-state index in [1.807, 2.05) is 41.3 Å². The quantitative estimate of drug-likeness (QED) is 0.435. The molecular formula is C27H27FN6O. The zero-order valence-electron chi connectivity index (χ0n) is 19.4. The molecule has 0 saturated carbocycles. The number of aryl methyl sites for hydroxylation is 1. The molecule has 8 heteroatoms. The summed E-state index contributed by atoms with van der Waals surface area (Å²) in [7, 11) is 0. The van der Waals surface area contributed by atoms with Crippen molar-refractivity contribution in [2.45, 2.75) is 19.3 Å². The van der Waals surface area contributed by atoms with Crippen molar-refractivity contribution in [3.05, 3.63) is 84.6 Å². The minimum Gasteiger partial charge on any atom is -0.341 e. The van der Waals surface area contributed by atoms with Gasteiger partial charge in [0.1, 0.15) is 11.6 Å². The summed E-state index contributed by atoms with van der Waals surface area (Å²) in [5.41, 5.74) is 3.49. The molecule has 4 aromatic rings. The van der Waals surface area contributed by atoms with Gasteiger partial charge in [-0.1, -0.05) is 42.5 Å². The van der Waals surface area contributed by atoms with Gasteiger partial charge in [-0.3, -0.25) is 4.79 Å². The molecule has 0 unspecified atom stereocenters. The smallest absolute Gasteiger partial charge is 0.225 e. The second-order valence-electron chi connectivity index (χ2n) is 8.56. The van der Waals surface area contributed by atoms with Crippen LogP contribution in [-0.2, 0) is 11.2 Å². The lowest BCUT2D eigenvalue weighted by Gasteiger charge is -2.34. The van der Waals surface area contributed by atoms with E-state index in [9.17, 15) is 9.18 Å². The zero-order valence-corrected chi connectivity index (χ0v) is 19.4. The van der Waals surface area contributed by atoms with Gasteiger partial charge in [-0.25, -0.2) is 19.3 Å². The van der Waals surface area contributed by atoms with Crippen LogP contribution >= 0.6 is 0 Å². The molecule has 7 nitrogen and oxygen atoms in total. The van der Waals surface area contributed by atoms with E-state index >= 15 is 0 Å². The highest BCUT2D eigenvalue weighted by Crippen LogP contribution is 2.27. The summed E-state index contributed by atoms with van der Waals surface area (Å²) >= 11 is 0. The fourth-order valence-electron chi connectivity index (χ4n) is 4.38. The Kier molecular flexibility index (Phi) is 6.79. The first-order valence-corrected chi connectivity index (χ1v) is 11.9. The first-order valence-electron chi connectivity index (χ1n) is 11.9. The van der Waals surface area contributed by atoms with Crippen LogP contribution in [0, 0.1) is 5.82 Å². The van der Waals surface area contributed by atoms with Crippen LogP contribution in [0.2, 0.25) is 0 Å². The number of piperazine rings is 1. The number of rotatable bonds is 7. The minimum atomic E-state index is -0.300. The van der Waals surface area contributed by atoms with E-state index in [2.05, 4.69) is 19.9 Å². The molecule has 0 spiro atoms. The number of carbonyl (C=O) groups excluding carboxylic acids is 1. The van der Waals surface area contributed by atoms with Crippen molar-refractivity contribution in [2.24, 2.45) is 0 Å². The average molecular weight is 471 g/mol. The van der Waals surface area contributed by atoms with Gasteiger partial charge in [-0.15, -0.1) is 0 Å². The molecule has 2 aromatic carbocycles. The first kappa shape index (κ1) is 22.7. The Labute approximate surface area is 203 Å². The number of nitrogens with one attached hydrogen (secondary N) is 1. The van der Waals surface area contributed by atoms with Crippen LogP contribution in [0.5, 0.6) is 0 Å². The highest BCUT2D eigenvalue weighted by Gasteiger charge is 2.22. The molecule has 3 heterocycles. The van der Waals surface area contributed by atoms with Crippen molar-refractivity contribution in [3.8, 4) is 22.6 Å². The Morgan fingerprint density at radius 3 is 2.40 bits per heavy atom. The normalized spacial score (nSPS) is 13.7. The Morgan fingerprint density at radius 2 is 1.66 bits per heavy atom. The maximum Gasteiger partial charge on any atom is 0.225 e. The largest absolute Gasteiger partial charge is 0.341 e.